The van der Waals surface area contributed by atoms with Crippen molar-refractivity contribution in [3.63, 3.8) is 0 Å². The lowest BCUT2D eigenvalue weighted by atomic mass is 10.1. The van der Waals surface area contributed by atoms with Crippen molar-refractivity contribution in [2.24, 2.45) is 0 Å². The molecule has 3 rings (SSSR count). The van der Waals surface area contributed by atoms with Crippen molar-refractivity contribution in [2.75, 3.05) is 10.8 Å². The Balaban J connectivity index is 2.10. The van der Waals surface area contributed by atoms with Gasteiger partial charge in [-0.1, -0.05) is 35.9 Å². The van der Waals surface area contributed by atoms with Crippen LogP contribution in [0.25, 0.3) is 0 Å². The van der Waals surface area contributed by atoms with E-state index >= 15 is 0 Å². The SMILES string of the molecule is Cc1ccc(S(=O)(=O)N2CCCC(O)c3ccccc32)cc1. The van der Waals surface area contributed by atoms with E-state index in [2.05, 4.69) is 0 Å². The largest absolute Gasteiger partial charge is 0.388 e. The Labute approximate surface area is 131 Å². The molecule has 1 atom stereocenters. The van der Waals surface area contributed by atoms with Crippen molar-refractivity contribution in [2.45, 2.75) is 30.8 Å². The van der Waals surface area contributed by atoms with Gasteiger partial charge in [-0.2, -0.15) is 0 Å². The highest BCUT2D eigenvalue weighted by atomic mass is 32.2. The summed E-state index contributed by atoms with van der Waals surface area (Å²) in [7, 11) is -3.62. The Bertz CT molecular complexity index is 769. The molecule has 0 radical (unpaired) electrons. The number of benzene rings is 2. The van der Waals surface area contributed by atoms with Crippen LogP contribution in [0.15, 0.2) is 53.4 Å². The van der Waals surface area contributed by atoms with E-state index in [0.29, 0.717) is 30.6 Å². The number of rotatable bonds is 2. The van der Waals surface area contributed by atoms with E-state index in [1.54, 1.807) is 42.5 Å². The molecular formula is C17H19NO3S. The molecule has 2 aromatic rings. The number of hydrogen-bond acceptors (Lipinski definition) is 3. The Kier molecular flexibility index (Phi) is 3.93. The zero-order chi connectivity index (χ0) is 15.7. The lowest BCUT2D eigenvalue weighted by Gasteiger charge is -2.24. The minimum atomic E-state index is -3.62. The first-order chi connectivity index (χ1) is 10.5. The molecule has 1 aliphatic heterocycles. The van der Waals surface area contributed by atoms with Crippen LogP contribution in [0.4, 0.5) is 5.69 Å². The molecule has 0 aromatic heterocycles. The molecule has 0 fully saturated rings. The summed E-state index contributed by atoms with van der Waals surface area (Å²) in [5.41, 5.74) is 2.27. The third kappa shape index (κ3) is 2.62. The molecule has 0 spiro atoms. The van der Waals surface area contributed by atoms with Crippen molar-refractivity contribution >= 4 is 15.7 Å². The quantitative estimate of drug-likeness (QED) is 0.926. The summed E-state index contributed by atoms with van der Waals surface area (Å²) < 4.78 is 27.3. The smallest absolute Gasteiger partial charge is 0.264 e. The van der Waals surface area contributed by atoms with Crippen LogP contribution in [-0.4, -0.2) is 20.1 Å². The first kappa shape index (κ1) is 15.1. The maximum atomic E-state index is 13.0. The molecule has 1 aliphatic rings. The first-order valence-corrected chi connectivity index (χ1v) is 8.80. The van der Waals surface area contributed by atoms with Gasteiger partial charge in [0, 0.05) is 12.1 Å². The number of hydrogen-bond donors (Lipinski definition) is 1. The van der Waals surface area contributed by atoms with Crippen LogP contribution in [0, 0.1) is 6.92 Å². The minimum Gasteiger partial charge on any atom is -0.388 e. The van der Waals surface area contributed by atoms with Crippen LogP contribution in [-0.2, 0) is 10.0 Å². The number of fused-ring (bicyclic) bond motifs is 1. The van der Waals surface area contributed by atoms with E-state index in [9.17, 15) is 13.5 Å². The van der Waals surface area contributed by atoms with Crippen LogP contribution in [0.2, 0.25) is 0 Å². The Morgan fingerprint density at radius 2 is 1.77 bits per heavy atom. The van der Waals surface area contributed by atoms with E-state index in [1.807, 2.05) is 13.0 Å². The van der Waals surface area contributed by atoms with Crippen LogP contribution >= 0.6 is 0 Å². The van der Waals surface area contributed by atoms with Crippen LogP contribution in [0.1, 0.15) is 30.1 Å². The van der Waals surface area contributed by atoms with E-state index in [0.717, 1.165) is 5.56 Å². The molecule has 1 N–H and O–H groups in total. The number of para-hydroxylation sites is 1. The zero-order valence-electron chi connectivity index (χ0n) is 12.4. The zero-order valence-corrected chi connectivity index (χ0v) is 13.3. The van der Waals surface area contributed by atoms with Gasteiger partial charge in [-0.3, -0.25) is 4.31 Å². The fraction of sp³-hybridized carbons (Fsp3) is 0.294. The lowest BCUT2D eigenvalue weighted by Crippen LogP contribution is -2.31. The summed E-state index contributed by atoms with van der Waals surface area (Å²) in [6.45, 7) is 2.30. The maximum Gasteiger partial charge on any atom is 0.264 e. The molecular weight excluding hydrogens is 298 g/mol. The van der Waals surface area contributed by atoms with Gasteiger partial charge < -0.3 is 5.11 Å². The second-order valence-electron chi connectivity index (χ2n) is 5.61. The molecule has 1 unspecified atom stereocenters. The molecule has 22 heavy (non-hydrogen) atoms. The summed E-state index contributed by atoms with van der Waals surface area (Å²) in [5, 5.41) is 10.2. The van der Waals surface area contributed by atoms with Gasteiger partial charge in [0.2, 0.25) is 0 Å². The predicted octanol–water partition coefficient (Wildman–Crippen LogP) is 3.02. The molecule has 0 amide bonds. The third-order valence-corrected chi connectivity index (χ3v) is 5.84. The van der Waals surface area contributed by atoms with Crippen LogP contribution in [0.5, 0.6) is 0 Å². The van der Waals surface area contributed by atoms with Crippen molar-refractivity contribution in [1.82, 2.24) is 0 Å². The van der Waals surface area contributed by atoms with Crippen LogP contribution in [0.3, 0.4) is 0 Å². The van der Waals surface area contributed by atoms with Gasteiger partial charge in [-0.05, 0) is 38.0 Å². The second kappa shape index (κ2) is 5.74. The van der Waals surface area contributed by atoms with Gasteiger partial charge in [-0.25, -0.2) is 8.42 Å². The minimum absolute atomic E-state index is 0.282. The summed E-state index contributed by atoms with van der Waals surface area (Å²) >= 11 is 0. The standard InChI is InChI=1S/C17H19NO3S/c1-13-8-10-14(11-9-13)22(20,21)18-12-4-7-17(19)15-5-2-3-6-16(15)18/h2-3,5-6,8-11,17,19H,4,7,12H2,1H3. The molecule has 1 heterocycles. The van der Waals surface area contributed by atoms with Crippen molar-refractivity contribution in [3.8, 4) is 0 Å². The molecule has 0 saturated carbocycles. The fourth-order valence-corrected chi connectivity index (χ4v) is 4.32. The maximum absolute atomic E-state index is 13.0. The van der Waals surface area contributed by atoms with Crippen molar-refractivity contribution in [1.29, 1.82) is 0 Å². The number of aliphatic hydroxyl groups is 1. The van der Waals surface area contributed by atoms with Crippen LogP contribution < -0.4 is 4.31 Å². The number of sulfonamides is 1. The molecule has 0 saturated heterocycles. The van der Waals surface area contributed by atoms with E-state index in [4.69, 9.17) is 0 Å². The third-order valence-electron chi connectivity index (χ3n) is 4.01. The molecule has 2 aromatic carbocycles. The lowest BCUT2D eigenvalue weighted by molar-refractivity contribution is 0.168. The highest BCUT2D eigenvalue weighted by Gasteiger charge is 2.30. The molecule has 0 bridgehead atoms. The predicted molar refractivity (Wildman–Crippen MR) is 86.3 cm³/mol. The van der Waals surface area contributed by atoms with Gasteiger partial charge >= 0.3 is 0 Å². The normalized spacial score (nSPS) is 18.6. The monoisotopic (exact) mass is 317 g/mol. The average Bonchev–Trinajstić information content (AvgIpc) is 2.68. The van der Waals surface area contributed by atoms with Gasteiger partial charge in [0.1, 0.15) is 0 Å². The van der Waals surface area contributed by atoms with Gasteiger partial charge in [0.15, 0.2) is 0 Å². The Hall–Kier alpha value is -1.85. The van der Waals surface area contributed by atoms with Crippen molar-refractivity contribution < 1.29 is 13.5 Å². The summed E-state index contributed by atoms with van der Waals surface area (Å²) in [6, 6.07) is 14.0. The molecule has 5 heteroatoms. The second-order valence-corrected chi connectivity index (χ2v) is 7.47. The highest BCUT2D eigenvalue weighted by Crippen LogP contribution is 2.35. The topological polar surface area (TPSA) is 57.6 Å². The number of nitrogens with zero attached hydrogens (tertiary/aromatic N) is 1. The average molecular weight is 317 g/mol. The summed E-state index contributed by atoms with van der Waals surface area (Å²) in [4.78, 5) is 0.282. The Morgan fingerprint density at radius 3 is 2.50 bits per heavy atom. The summed E-state index contributed by atoms with van der Waals surface area (Å²) in [6.07, 6.45) is 0.576. The Morgan fingerprint density at radius 1 is 1.09 bits per heavy atom. The molecule has 0 aliphatic carbocycles. The van der Waals surface area contributed by atoms with Gasteiger partial charge in [0.25, 0.3) is 10.0 Å². The van der Waals surface area contributed by atoms with E-state index < -0.39 is 16.1 Å². The van der Waals surface area contributed by atoms with E-state index in [1.165, 1.54) is 4.31 Å². The van der Waals surface area contributed by atoms with Gasteiger partial charge in [-0.15, -0.1) is 0 Å². The number of anilines is 1. The van der Waals surface area contributed by atoms with Crippen molar-refractivity contribution in [3.05, 3.63) is 59.7 Å². The molecule has 116 valence electrons. The molecule has 4 nitrogen and oxygen atoms in total. The highest BCUT2D eigenvalue weighted by molar-refractivity contribution is 7.92. The first-order valence-electron chi connectivity index (χ1n) is 7.36. The van der Waals surface area contributed by atoms with E-state index in [-0.39, 0.29) is 4.90 Å². The fourth-order valence-electron chi connectivity index (χ4n) is 2.79. The number of aryl methyl sites for hydroxylation is 1. The number of aliphatic hydroxyl groups excluding tert-OH is 1. The summed E-state index contributed by atoms with van der Waals surface area (Å²) in [5.74, 6) is 0. The van der Waals surface area contributed by atoms with Gasteiger partial charge in [0.05, 0.1) is 16.7 Å².